The van der Waals surface area contributed by atoms with Gasteiger partial charge in [-0.1, -0.05) is 18.2 Å². The highest BCUT2D eigenvalue weighted by Gasteiger charge is 2.14. The van der Waals surface area contributed by atoms with Crippen LogP contribution in [0, 0.1) is 0 Å². The second-order valence-electron chi connectivity index (χ2n) is 6.55. The molecule has 1 aromatic heterocycles. The number of carbonyl (C=O) groups is 1. The van der Waals surface area contributed by atoms with Crippen molar-refractivity contribution in [3.8, 4) is 11.5 Å². The van der Waals surface area contributed by atoms with E-state index in [1.807, 2.05) is 45.0 Å². The Morgan fingerprint density at radius 2 is 1.83 bits per heavy atom. The largest absolute Gasteiger partial charge is 0.490 e. The third-order valence-electron chi connectivity index (χ3n) is 4.50. The van der Waals surface area contributed by atoms with Gasteiger partial charge in [0.05, 0.1) is 31.0 Å². The number of para-hydroxylation sites is 1. The first-order valence-electron chi connectivity index (χ1n) is 9.67. The molecule has 0 aliphatic rings. The number of aromatic nitrogens is 2. The van der Waals surface area contributed by atoms with Gasteiger partial charge >= 0.3 is 0 Å². The van der Waals surface area contributed by atoms with Gasteiger partial charge in [-0.2, -0.15) is 5.10 Å². The van der Waals surface area contributed by atoms with Gasteiger partial charge in [-0.25, -0.2) is 0 Å². The minimum Gasteiger partial charge on any atom is -0.490 e. The van der Waals surface area contributed by atoms with Crippen molar-refractivity contribution in [2.75, 3.05) is 13.2 Å². The smallest absolute Gasteiger partial charge is 0.242 e. The predicted octanol–water partition coefficient (Wildman–Crippen LogP) is 3.07. The molecule has 152 valence electrons. The fourth-order valence-electron chi connectivity index (χ4n) is 3.13. The molecule has 7 nitrogen and oxygen atoms in total. The fourth-order valence-corrected chi connectivity index (χ4v) is 3.13. The van der Waals surface area contributed by atoms with Crippen LogP contribution in [0.4, 0.5) is 0 Å². The lowest BCUT2D eigenvalue weighted by Gasteiger charge is -2.18. The van der Waals surface area contributed by atoms with E-state index in [9.17, 15) is 9.59 Å². The highest BCUT2D eigenvalue weighted by molar-refractivity contribution is 5.81. The van der Waals surface area contributed by atoms with Gasteiger partial charge in [0.15, 0.2) is 11.5 Å². The molecule has 0 fully saturated rings. The molecule has 0 spiro atoms. The number of fused-ring (bicyclic) bond motifs is 1. The van der Waals surface area contributed by atoms with E-state index in [2.05, 4.69) is 10.4 Å². The molecule has 0 aliphatic heterocycles. The van der Waals surface area contributed by atoms with E-state index in [1.165, 1.54) is 10.9 Å². The summed E-state index contributed by atoms with van der Waals surface area (Å²) in [6.07, 6.45) is 1.24. The second-order valence-corrected chi connectivity index (χ2v) is 6.55. The average Bonchev–Trinajstić information content (AvgIpc) is 2.72. The van der Waals surface area contributed by atoms with Crippen LogP contribution in [0.2, 0.25) is 0 Å². The van der Waals surface area contributed by atoms with Crippen molar-refractivity contribution < 1.29 is 14.3 Å². The number of amides is 1. The van der Waals surface area contributed by atoms with Crippen LogP contribution in [0.15, 0.2) is 53.5 Å². The van der Waals surface area contributed by atoms with Gasteiger partial charge in [-0.3, -0.25) is 14.3 Å². The van der Waals surface area contributed by atoms with Gasteiger partial charge in [0.2, 0.25) is 11.3 Å². The Morgan fingerprint density at radius 1 is 1.10 bits per heavy atom. The number of carbonyl (C=O) groups excluding carboxylic acids is 1. The molecule has 1 heterocycles. The van der Waals surface area contributed by atoms with E-state index >= 15 is 0 Å². The minimum absolute atomic E-state index is 0.0144. The monoisotopic (exact) mass is 395 g/mol. The fraction of sp³-hybridized carbons (Fsp3) is 0.318. The highest BCUT2D eigenvalue weighted by Crippen LogP contribution is 2.30. The van der Waals surface area contributed by atoms with Crippen molar-refractivity contribution in [1.29, 1.82) is 0 Å². The SMILES string of the molecule is CCOc1ccc([C@@H](C)NC(=O)Cn2ncc(=O)c3ccccc32)cc1OCC. The van der Waals surface area contributed by atoms with Crippen LogP contribution in [-0.4, -0.2) is 28.9 Å². The summed E-state index contributed by atoms with van der Waals surface area (Å²) in [5.74, 6) is 1.13. The lowest BCUT2D eigenvalue weighted by Crippen LogP contribution is -2.31. The summed E-state index contributed by atoms with van der Waals surface area (Å²) in [5.41, 5.74) is 1.37. The van der Waals surface area contributed by atoms with Gasteiger partial charge in [-0.05, 0) is 50.6 Å². The second kappa shape index (κ2) is 9.23. The Morgan fingerprint density at radius 3 is 2.59 bits per heavy atom. The summed E-state index contributed by atoms with van der Waals surface area (Å²) in [4.78, 5) is 24.5. The molecule has 0 saturated heterocycles. The van der Waals surface area contributed by atoms with Crippen molar-refractivity contribution in [3.05, 3.63) is 64.4 Å². The van der Waals surface area contributed by atoms with Crippen LogP contribution in [0.25, 0.3) is 10.9 Å². The summed E-state index contributed by atoms with van der Waals surface area (Å²) >= 11 is 0. The molecule has 0 saturated carbocycles. The van der Waals surface area contributed by atoms with Gasteiger partial charge in [0.1, 0.15) is 6.54 Å². The predicted molar refractivity (Wildman–Crippen MR) is 111 cm³/mol. The van der Waals surface area contributed by atoms with Crippen molar-refractivity contribution >= 4 is 16.8 Å². The zero-order valence-electron chi connectivity index (χ0n) is 16.8. The van der Waals surface area contributed by atoms with Gasteiger partial charge in [0, 0.05) is 5.39 Å². The zero-order valence-corrected chi connectivity index (χ0v) is 16.8. The number of nitrogens with one attached hydrogen (secondary N) is 1. The number of nitrogens with zero attached hydrogens (tertiary/aromatic N) is 2. The van der Waals surface area contributed by atoms with Crippen LogP contribution < -0.4 is 20.2 Å². The molecule has 0 radical (unpaired) electrons. The molecule has 0 aliphatic carbocycles. The minimum atomic E-state index is -0.233. The van der Waals surface area contributed by atoms with Gasteiger partial charge < -0.3 is 14.8 Å². The zero-order chi connectivity index (χ0) is 20.8. The standard InChI is InChI=1S/C22H25N3O4/c1-4-28-20-11-10-16(12-21(20)29-5-2)15(3)24-22(27)14-25-18-9-7-6-8-17(18)19(26)13-23-25/h6-13,15H,4-5,14H2,1-3H3,(H,24,27)/t15-/m1/s1. The average molecular weight is 395 g/mol. The van der Waals surface area contributed by atoms with Crippen LogP contribution in [0.3, 0.4) is 0 Å². The lowest BCUT2D eigenvalue weighted by molar-refractivity contribution is -0.122. The van der Waals surface area contributed by atoms with Gasteiger partial charge in [-0.15, -0.1) is 0 Å². The van der Waals surface area contributed by atoms with Crippen molar-refractivity contribution in [2.45, 2.75) is 33.4 Å². The molecular formula is C22H25N3O4. The van der Waals surface area contributed by atoms with Crippen LogP contribution in [-0.2, 0) is 11.3 Å². The first-order valence-corrected chi connectivity index (χ1v) is 9.67. The number of hydrogen-bond acceptors (Lipinski definition) is 5. The lowest BCUT2D eigenvalue weighted by atomic mass is 10.1. The molecule has 1 N–H and O–H groups in total. The normalized spacial score (nSPS) is 11.8. The first kappa shape index (κ1) is 20.4. The number of ether oxygens (including phenoxy) is 2. The van der Waals surface area contributed by atoms with Crippen LogP contribution in [0.1, 0.15) is 32.4 Å². The number of benzene rings is 2. The maximum absolute atomic E-state index is 12.6. The molecule has 3 aromatic rings. The van der Waals surface area contributed by atoms with E-state index in [4.69, 9.17) is 9.47 Å². The van der Waals surface area contributed by atoms with Crippen molar-refractivity contribution in [1.82, 2.24) is 15.1 Å². The Kier molecular flexibility index (Phi) is 6.49. The van der Waals surface area contributed by atoms with E-state index in [0.717, 1.165) is 5.56 Å². The topological polar surface area (TPSA) is 82.5 Å². The molecule has 2 aromatic carbocycles. The maximum Gasteiger partial charge on any atom is 0.242 e. The molecule has 0 bridgehead atoms. The molecule has 0 unspecified atom stereocenters. The third-order valence-corrected chi connectivity index (χ3v) is 4.50. The molecule has 1 amide bonds. The highest BCUT2D eigenvalue weighted by atomic mass is 16.5. The Hall–Kier alpha value is -3.35. The van der Waals surface area contributed by atoms with Gasteiger partial charge in [0.25, 0.3) is 0 Å². The van der Waals surface area contributed by atoms with Crippen molar-refractivity contribution in [3.63, 3.8) is 0 Å². The quantitative estimate of drug-likeness (QED) is 0.634. The number of rotatable bonds is 8. The third kappa shape index (κ3) is 4.74. The van der Waals surface area contributed by atoms with E-state index < -0.39 is 0 Å². The maximum atomic E-state index is 12.6. The Labute approximate surface area is 169 Å². The van der Waals surface area contributed by atoms with E-state index in [0.29, 0.717) is 35.6 Å². The molecular weight excluding hydrogens is 370 g/mol. The summed E-state index contributed by atoms with van der Waals surface area (Å²) in [7, 11) is 0. The van der Waals surface area contributed by atoms with Crippen molar-refractivity contribution in [2.24, 2.45) is 0 Å². The molecule has 7 heteroatoms. The first-order chi connectivity index (χ1) is 14.0. The van der Waals surface area contributed by atoms with E-state index in [-0.39, 0.29) is 23.9 Å². The molecule has 29 heavy (non-hydrogen) atoms. The van der Waals surface area contributed by atoms with Crippen LogP contribution in [0.5, 0.6) is 11.5 Å². The Balaban J connectivity index is 1.75. The molecule has 3 rings (SSSR count). The Bertz CT molecular complexity index is 1060. The summed E-state index contributed by atoms with van der Waals surface area (Å²) in [5, 5.41) is 7.61. The van der Waals surface area contributed by atoms with E-state index in [1.54, 1.807) is 18.2 Å². The number of hydrogen-bond donors (Lipinski definition) is 1. The molecule has 1 atom stereocenters. The summed E-state index contributed by atoms with van der Waals surface area (Å²) in [6.45, 7) is 6.82. The summed E-state index contributed by atoms with van der Waals surface area (Å²) in [6, 6.07) is 12.5. The summed E-state index contributed by atoms with van der Waals surface area (Å²) < 4.78 is 12.8. The van der Waals surface area contributed by atoms with Crippen LogP contribution >= 0.6 is 0 Å².